The van der Waals surface area contributed by atoms with Crippen LogP contribution in [0.25, 0.3) is 0 Å². The van der Waals surface area contributed by atoms with Gasteiger partial charge in [0.05, 0.1) is 10.6 Å². The molecule has 1 aliphatic carbocycles. The Morgan fingerprint density at radius 3 is 2.80 bits per heavy atom. The lowest BCUT2D eigenvalue weighted by molar-refractivity contribution is -0.124. The first kappa shape index (κ1) is 14.8. The zero-order valence-corrected chi connectivity index (χ0v) is 11.7. The predicted octanol–water partition coefficient (Wildman–Crippen LogP) is 2.55. The summed E-state index contributed by atoms with van der Waals surface area (Å²) in [6.45, 7) is 1.55. The Kier molecular flexibility index (Phi) is 4.60. The molecule has 1 aromatic rings. The van der Waals surface area contributed by atoms with Crippen molar-refractivity contribution in [2.24, 2.45) is 5.92 Å². The SMILES string of the molecule is C[C@H](NC(=O)COC(=O)c1ccc(F)cc1Cl)C1CC1. The first-order valence-electron chi connectivity index (χ1n) is 6.39. The normalized spacial score (nSPS) is 15.6. The number of nitrogens with one attached hydrogen (secondary N) is 1. The molecule has 4 nitrogen and oxygen atoms in total. The zero-order valence-electron chi connectivity index (χ0n) is 11.0. The van der Waals surface area contributed by atoms with E-state index in [1.54, 1.807) is 0 Å². The van der Waals surface area contributed by atoms with Crippen LogP contribution in [0.1, 0.15) is 30.1 Å². The molecule has 1 saturated carbocycles. The van der Waals surface area contributed by atoms with Crippen molar-refractivity contribution in [3.8, 4) is 0 Å². The van der Waals surface area contributed by atoms with Gasteiger partial charge >= 0.3 is 5.97 Å². The van der Waals surface area contributed by atoms with Gasteiger partial charge in [0.1, 0.15) is 5.82 Å². The molecule has 0 spiro atoms. The van der Waals surface area contributed by atoms with Gasteiger partial charge in [-0.3, -0.25) is 4.79 Å². The number of ether oxygens (including phenoxy) is 1. The highest BCUT2D eigenvalue weighted by Crippen LogP contribution is 2.32. The summed E-state index contributed by atoms with van der Waals surface area (Å²) in [4.78, 5) is 23.3. The summed E-state index contributed by atoms with van der Waals surface area (Å²) in [5.41, 5.74) is 0.0381. The first-order chi connectivity index (χ1) is 9.47. The second kappa shape index (κ2) is 6.22. The van der Waals surface area contributed by atoms with E-state index in [0.717, 1.165) is 25.0 Å². The van der Waals surface area contributed by atoms with Crippen LogP contribution in [0.5, 0.6) is 0 Å². The Morgan fingerprint density at radius 1 is 1.50 bits per heavy atom. The number of esters is 1. The molecule has 1 atom stereocenters. The molecule has 0 aliphatic heterocycles. The molecule has 0 heterocycles. The minimum absolute atomic E-state index is 0.0381. The van der Waals surface area contributed by atoms with Gasteiger partial charge in [0.15, 0.2) is 6.61 Å². The van der Waals surface area contributed by atoms with Crippen molar-refractivity contribution in [1.29, 1.82) is 0 Å². The van der Waals surface area contributed by atoms with Crippen LogP contribution in [-0.2, 0) is 9.53 Å². The van der Waals surface area contributed by atoms with E-state index in [2.05, 4.69) is 5.32 Å². The van der Waals surface area contributed by atoms with E-state index in [1.165, 1.54) is 6.07 Å². The zero-order chi connectivity index (χ0) is 14.7. The maximum atomic E-state index is 12.8. The standard InChI is InChI=1S/C14H15ClFNO3/c1-8(9-2-3-9)17-13(18)7-20-14(19)11-5-4-10(16)6-12(11)15/h4-6,8-9H,2-3,7H2,1H3,(H,17,18)/t8-/m0/s1. The van der Waals surface area contributed by atoms with Crippen LogP contribution >= 0.6 is 11.6 Å². The van der Waals surface area contributed by atoms with Crippen LogP contribution in [0.2, 0.25) is 5.02 Å². The van der Waals surface area contributed by atoms with Crippen LogP contribution in [0.4, 0.5) is 4.39 Å². The second-order valence-corrected chi connectivity index (χ2v) is 5.30. The van der Waals surface area contributed by atoms with Crippen molar-refractivity contribution in [3.63, 3.8) is 0 Å². The number of amides is 1. The van der Waals surface area contributed by atoms with Crippen LogP contribution in [0, 0.1) is 11.7 Å². The second-order valence-electron chi connectivity index (χ2n) is 4.89. The third kappa shape index (κ3) is 3.93. The monoisotopic (exact) mass is 299 g/mol. The number of carbonyl (C=O) groups excluding carboxylic acids is 2. The number of rotatable bonds is 5. The molecule has 1 fully saturated rings. The number of benzene rings is 1. The van der Waals surface area contributed by atoms with Crippen molar-refractivity contribution in [1.82, 2.24) is 5.32 Å². The van der Waals surface area contributed by atoms with Crippen molar-refractivity contribution in [2.75, 3.05) is 6.61 Å². The van der Waals surface area contributed by atoms with Crippen LogP contribution < -0.4 is 5.32 Å². The van der Waals surface area contributed by atoms with Crippen molar-refractivity contribution in [3.05, 3.63) is 34.6 Å². The highest BCUT2D eigenvalue weighted by molar-refractivity contribution is 6.33. The third-order valence-electron chi connectivity index (χ3n) is 3.20. The van der Waals surface area contributed by atoms with Gasteiger partial charge < -0.3 is 10.1 Å². The van der Waals surface area contributed by atoms with Gasteiger partial charge in [0.2, 0.25) is 0 Å². The smallest absolute Gasteiger partial charge is 0.340 e. The van der Waals surface area contributed by atoms with E-state index in [-0.39, 0.29) is 29.1 Å². The molecule has 2 rings (SSSR count). The highest BCUT2D eigenvalue weighted by atomic mass is 35.5. The van der Waals surface area contributed by atoms with E-state index >= 15 is 0 Å². The number of hydrogen-bond acceptors (Lipinski definition) is 3. The molecule has 1 N–H and O–H groups in total. The summed E-state index contributed by atoms with van der Waals surface area (Å²) in [6, 6.07) is 3.45. The maximum absolute atomic E-state index is 12.8. The average molecular weight is 300 g/mol. The summed E-state index contributed by atoms with van der Waals surface area (Å²) in [6.07, 6.45) is 2.23. The van der Waals surface area contributed by atoms with Crippen molar-refractivity contribution >= 4 is 23.5 Å². The van der Waals surface area contributed by atoms with Crippen molar-refractivity contribution < 1.29 is 18.7 Å². The molecule has 1 aliphatic rings. The van der Waals surface area contributed by atoms with E-state index < -0.39 is 11.8 Å². The molecule has 1 amide bonds. The fourth-order valence-electron chi connectivity index (χ4n) is 1.87. The number of halogens is 2. The molecule has 6 heteroatoms. The van der Waals surface area contributed by atoms with E-state index in [0.29, 0.717) is 5.92 Å². The molecule has 0 radical (unpaired) electrons. The molecule has 20 heavy (non-hydrogen) atoms. The average Bonchev–Trinajstić information content (AvgIpc) is 3.20. The van der Waals surface area contributed by atoms with Gasteiger partial charge in [-0.2, -0.15) is 0 Å². The van der Waals surface area contributed by atoms with Gasteiger partial charge in [-0.1, -0.05) is 11.6 Å². The van der Waals surface area contributed by atoms with Gasteiger partial charge in [-0.15, -0.1) is 0 Å². The Labute approximate surface area is 121 Å². The van der Waals surface area contributed by atoms with Crippen LogP contribution in [0.3, 0.4) is 0 Å². The highest BCUT2D eigenvalue weighted by Gasteiger charge is 2.29. The summed E-state index contributed by atoms with van der Waals surface area (Å²) in [5, 5.41) is 2.72. The molecule has 1 aromatic carbocycles. The van der Waals surface area contributed by atoms with Crippen LogP contribution in [0.15, 0.2) is 18.2 Å². The third-order valence-corrected chi connectivity index (χ3v) is 3.52. The van der Waals surface area contributed by atoms with E-state index in [1.807, 2.05) is 6.92 Å². The summed E-state index contributed by atoms with van der Waals surface area (Å²) in [5.74, 6) is -1.11. The minimum Gasteiger partial charge on any atom is -0.452 e. The number of hydrogen-bond donors (Lipinski definition) is 1. The Morgan fingerprint density at radius 2 is 2.20 bits per heavy atom. The largest absolute Gasteiger partial charge is 0.452 e. The lowest BCUT2D eigenvalue weighted by atomic mass is 10.2. The van der Waals surface area contributed by atoms with Gasteiger partial charge in [-0.05, 0) is 43.9 Å². The Balaban J connectivity index is 1.83. The quantitative estimate of drug-likeness (QED) is 0.850. The topological polar surface area (TPSA) is 55.4 Å². The molecule has 0 bridgehead atoms. The van der Waals surface area contributed by atoms with Crippen LogP contribution in [-0.4, -0.2) is 24.5 Å². The molecular weight excluding hydrogens is 285 g/mol. The van der Waals surface area contributed by atoms with Crippen molar-refractivity contribution in [2.45, 2.75) is 25.8 Å². The predicted molar refractivity (Wildman–Crippen MR) is 72.0 cm³/mol. The number of carbonyl (C=O) groups is 2. The van der Waals surface area contributed by atoms with E-state index in [9.17, 15) is 14.0 Å². The summed E-state index contributed by atoms with van der Waals surface area (Å²) < 4.78 is 17.7. The maximum Gasteiger partial charge on any atom is 0.340 e. The fraction of sp³-hybridized carbons (Fsp3) is 0.429. The van der Waals surface area contributed by atoms with Gasteiger partial charge in [0.25, 0.3) is 5.91 Å². The molecule has 0 aromatic heterocycles. The molecule has 108 valence electrons. The van der Waals surface area contributed by atoms with Gasteiger partial charge in [-0.25, -0.2) is 9.18 Å². The molecular formula is C14H15ClFNO3. The lowest BCUT2D eigenvalue weighted by Crippen LogP contribution is -2.37. The molecule has 0 unspecified atom stereocenters. The summed E-state index contributed by atoms with van der Waals surface area (Å²) >= 11 is 5.73. The fourth-order valence-corrected chi connectivity index (χ4v) is 2.12. The lowest BCUT2D eigenvalue weighted by Gasteiger charge is -2.12. The van der Waals surface area contributed by atoms with E-state index in [4.69, 9.17) is 16.3 Å². The summed E-state index contributed by atoms with van der Waals surface area (Å²) in [7, 11) is 0. The minimum atomic E-state index is -0.746. The molecule has 0 saturated heterocycles. The van der Waals surface area contributed by atoms with Gasteiger partial charge in [0, 0.05) is 6.04 Å². The Hall–Kier alpha value is -1.62. The Bertz CT molecular complexity index is 531. The first-order valence-corrected chi connectivity index (χ1v) is 6.76.